The van der Waals surface area contributed by atoms with E-state index in [2.05, 4.69) is 349 Å². The summed E-state index contributed by atoms with van der Waals surface area (Å²) >= 11 is -2.09. The van der Waals surface area contributed by atoms with Crippen molar-refractivity contribution in [3.8, 4) is 23.0 Å². The van der Waals surface area contributed by atoms with Gasteiger partial charge in [0.05, 0.1) is 26.5 Å². The van der Waals surface area contributed by atoms with Crippen LogP contribution in [0.5, 0.6) is 0 Å². The number of nitrogens with zero attached hydrogens (tertiary/aromatic N) is 12. The van der Waals surface area contributed by atoms with E-state index in [0.29, 0.717) is 0 Å². The maximum Gasteiger partial charge on any atom is 0.149 e. The van der Waals surface area contributed by atoms with Crippen LogP contribution in [0.25, 0.3) is 110 Å². The van der Waals surface area contributed by atoms with Crippen LogP contribution in [0.3, 0.4) is 0 Å². The Morgan fingerprint density at radius 1 is 0.213 bits per heavy atom. The summed E-state index contributed by atoms with van der Waals surface area (Å²) < 4.78 is 21.3. The molecule has 0 unspecified atom stereocenters. The van der Waals surface area contributed by atoms with E-state index in [1.165, 1.54) is 145 Å². The van der Waals surface area contributed by atoms with E-state index < -0.39 is 53.1 Å². The third kappa shape index (κ3) is 15.1. The van der Waals surface area contributed by atoms with Crippen LogP contribution in [-0.2, 0) is 121 Å². The van der Waals surface area contributed by atoms with Crippen molar-refractivity contribution in [1.82, 2.24) is 48.2 Å². The first-order valence-electron chi connectivity index (χ1n) is 43.7. The Balaban J connectivity index is 0.000000104. The number of aromatic nitrogens is 10. The van der Waals surface area contributed by atoms with Gasteiger partial charge in [-0.25, -0.2) is 15.0 Å². The van der Waals surface area contributed by atoms with Crippen molar-refractivity contribution < 1.29 is 121 Å². The summed E-state index contributed by atoms with van der Waals surface area (Å²) in [6.45, 7) is 0. The van der Waals surface area contributed by atoms with Crippen molar-refractivity contribution in [2.24, 2.45) is 0 Å². The SMILES string of the molecule is [CH3][Ge]1([CH3])[c]2ccc[c-]c2-n2c3ncccc3c3ccc[c]1c32.[CH3][Ge]1([CH3])[c]2ccc[c-]c2N2c3nccc[c]3[Ge]([CH3])([CH3])[c]3ccc[c]1c32.[CH3][Ge]1([CH3])[c]2cccnc2-n2c3[c-]cccc3c3ccc[c]1c32.[Ir].[Ir].[Ir].[Ir].[Ir].[Ir].[c-]1cccc2c1-n1c3ncccc3c3cccc(c31)S2.[c-]1cccc2c1N1c3ncccc3Sc3cccc(c31)S2.[c-]1cccc2c3cccc4c3n(c12)-c1ncccc1S4. The van der Waals surface area contributed by atoms with Gasteiger partial charge in [0.15, 0.2) is 0 Å². The van der Waals surface area contributed by atoms with E-state index in [1.807, 2.05) is 134 Å². The van der Waals surface area contributed by atoms with Gasteiger partial charge in [-0.05, 0) is 66.0 Å². The molecule has 678 valence electrons. The molecule has 0 saturated carbocycles. The molecule has 136 heavy (non-hydrogen) atoms. The number of anilines is 6. The van der Waals surface area contributed by atoms with Crippen molar-refractivity contribution >= 4 is 257 Å². The quantitative estimate of drug-likeness (QED) is 0.107. The molecule has 0 saturated heterocycles. The third-order valence-corrected chi connectivity index (χ3v) is 60.7. The number of fused-ring (bicyclic) bond motifs is 28. The second-order valence-corrected chi connectivity index (χ2v) is 76.2. The molecule has 30 rings (SSSR count). The number of para-hydroxylation sites is 12. The largest absolute Gasteiger partial charge is 0.317 e. The molecule has 6 radical (unpaired) electrons. The molecule has 0 atom stereocenters. The molecule has 0 spiro atoms. The summed E-state index contributed by atoms with van der Waals surface area (Å²) in [5.41, 5.74) is 16.9. The Hall–Kier alpha value is -8.19. The van der Waals surface area contributed by atoms with Gasteiger partial charge in [0, 0.05) is 170 Å². The van der Waals surface area contributed by atoms with Crippen molar-refractivity contribution in [1.29, 1.82) is 0 Å². The van der Waals surface area contributed by atoms with Gasteiger partial charge in [-0.15, -0.1) is 5.39 Å². The van der Waals surface area contributed by atoms with Crippen molar-refractivity contribution in [3.63, 3.8) is 0 Å². The number of pyridine rings is 6. The fraction of sp³-hybridized carbons (Fsp3) is 0.0727. The normalized spacial score (nSPS) is 14.2. The van der Waals surface area contributed by atoms with Gasteiger partial charge >= 0.3 is 418 Å². The van der Waals surface area contributed by atoms with Gasteiger partial charge in [0.25, 0.3) is 0 Å². The number of benzene rings is 12. The topological polar surface area (TPSA) is 104 Å². The average molecular weight is 3140 g/mol. The van der Waals surface area contributed by atoms with Gasteiger partial charge in [0.2, 0.25) is 0 Å². The first-order valence-corrected chi connectivity index (χ1v) is 72.2. The van der Waals surface area contributed by atoms with E-state index in [0.717, 1.165) is 57.0 Å². The van der Waals surface area contributed by atoms with E-state index in [9.17, 15) is 0 Å². The van der Waals surface area contributed by atoms with Crippen LogP contribution in [0.4, 0.5) is 34.4 Å². The fourth-order valence-corrected chi connectivity index (χ4v) is 50.3. The van der Waals surface area contributed by atoms with Crippen LogP contribution in [0, 0.1) is 36.4 Å². The molecule has 0 N–H and O–H groups in total. The van der Waals surface area contributed by atoms with Crippen LogP contribution >= 0.6 is 47.0 Å². The first-order chi connectivity index (χ1) is 63.6. The molecule has 22 aromatic rings. The molecule has 12 nitrogen and oxygen atoms in total. The Bertz CT molecular complexity index is 8100. The average Bonchev–Trinajstić information content (AvgIpc) is 1.47. The smallest absolute Gasteiger partial charge is 0.149 e. The van der Waals surface area contributed by atoms with Crippen LogP contribution in [0.1, 0.15) is 0 Å². The summed E-state index contributed by atoms with van der Waals surface area (Å²) in [7, 11) is 0. The van der Waals surface area contributed by atoms with Gasteiger partial charge < -0.3 is 14.0 Å². The van der Waals surface area contributed by atoms with Crippen LogP contribution < -0.4 is 45.0 Å². The predicted octanol–water partition coefficient (Wildman–Crippen LogP) is 23.0. The number of rotatable bonds is 0. The molecule has 0 fully saturated rings. The molecular weight excluding hydrogens is 3060 g/mol. The fourth-order valence-electron chi connectivity index (χ4n) is 21.0. The molecule has 18 heterocycles. The van der Waals surface area contributed by atoms with Gasteiger partial charge in [-0.2, -0.15) is 96.3 Å². The summed E-state index contributed by atoms with van der Waals surface area (Å²) in [5, 5.41) is 10.2. The number of hydrogen-bond acceptors (Lipinski definition) is 12. The standard InChI is InChI=1S/C21H21Ge2N2.2C19H15GeN2.C17H9N2S2.2C17H9N2S.6Ir/c1-22(2)15-9-5-6-13-19(15)25-20-16(22)10-7-11-17(20)23(3,4)18-12-8-14-24-21(18)25;1-20(2)15-9-3-4-11-17(15)22-18-13(7-5-10-16(18)20)14-8-6-12-21-19(14)22;1-20(2)15-9-5-8-14-13-7-3-4-11-17(13)22(18(14)15)19-16(20)10-6-12-21-19;1-2-6-12-11(5-1)19-16-13(20-12)7-3-8-14(16)21-15-9-4-10-18-17(15)19;1-2-8-14-13(7-1)19-16-11(5-3-9-15(16)20-14)12-6-4-10-18-17(12)19;1-2-7-13-11(5-1)12-6-3-8-14-16(12)19(13)17-15(20-14)9-4-10-18-17;;;;;;/h5-12,14H,1-4H3;2*3-10,12H,1-2H3;1-4,6-10H;2*1-6,8-10H;;;;;;/q6*-1;;;;;;. The Labute approximate surface area is 897 Å². The molecule has 0 amide bonds. The van der Waals surface area contributed by atoms with E-state index in [4.69, 9.17) is 9.97 Å². The molecule has 0 bridgehead atoms. The zero-order chi connectivity index (χ0) is 87.2. The van der Waals surface area contributed by atoms with Crippen LogP contribution in [-0.4, -0.2) is 101 Å². The molecule has 10 aromatic heterocycles. The van der Waals surface area contributed by atoms with E-state index in [1.54, 1.807) is 41.1 Å². The summed E-state index contributed by atoms with van der Waals surface area (Å²) in [6.07, 6.45) is 11.3. The molecule has 12 aromatic carbocycles. The first kappa shape index (κ1) is 96.7. The molecular formula is C110H78Ge4Ir6N12S4-6. The Morgan fingerprint density at radius 3 is 1.13 bits per heavy atom. The maximum atomic E-state index is 4.86. The molecule has 26 heteroatoms. The van der Waals surface area contributed by atoms with E-state index >= 15 is 0 Å². The Kier molecular flexibility index (Phi) is 27.0. The minimum absolute atomic E-state index is 0. The predicted molar refractivity (Wildman–Crippen MR) is 549 cm³/mol. The van der Waals surface area contributed by atoms with Crippen molar-refractivity contribution in [2.45, 2.75) is 85.2 Å². The molecule has 0 aliphatic carbocycles. The summed E-state index contributed by atoms with van der Waals surface area (Å²) in [6, 6.07) is 124. The zero-order valence-corrected chi connectivity index (χ0v) is 100. The molecule has 8 aliphatic heterocycles. The number of hydrogen-bond donors (Lipinski definition) is 0. The maximum absolute atomic E-state index is 4.86. The van der Waals surface area contributed by atoms with Gasteiger partial charge in [-0.1, -0.05) is 80.5 Å². The monoisotopic (exact) mass is 3150 g/mol. The van der Waals surface area contributed by atoms with Gasteiger partial charge in [-0.3, -0.25) is 0 Å². The second kappa shape index (κ2) is 38.0. The third-order valence-electron chi connectivity index (χ3n) is 27.0. The summed E-state index contributed by atoms with van der Waals surface area (Å²) in [5.74, 6) is 24.3. The minimum atomic E-state index is -2.36. The van der Waals surface area contributed by atoms with Gasteiger partial charge in [0.1, 0.15) is 17.3 Å². The van der Waals surface area contributed by atoms with E-state index in [-0.39, 0.29) is 121 Å². The second-order valence-electron chi connectivity index (χ2n) is 35.6. The zero-order valence-electron chi connectivity index (χ0n) is 74.2. The Morgan fingerprint density at radius 2 is 0.522 bits per heavy atom. The minimum Gasteiger partial charge on any atom is -0.317 e. The molecule has 8 aliphatic rings. The van der Waals surface area contributed by atoms with Crippen molar-refractivity contribution in [2.75, 3.05) is 9.80 Å². The van der Waals surface area contributed by atoms with Crippen molar-refractivity contribution in [3.05, 3.63) is 365 Å². The van der Waals surface area contributed by atoms with Crippen LogP contribution in [0.2, 0.25) is 46.0 Å². The summed E-state index contributed by atoms with van der Waals surface area (Å²) in [4.78, 5) is 42.7. The van der Waals surface area contributed by atoms with Crippen LogP contribution in [0.15, 0.2) is 368 Å².